The van der Waals surface area contributed by atoms with Crippen molar-refractivity contribution in [3.63, 3.8) is 0 Å². The minimum Gasteiger partial charge on any atom is -0.192 e. The van der Waals surface area contributed by atoms with E-state index in [1.54, 1.807) is 6.07 Å². The molecule has 0 N–H and O–H groups in total. The van der Waals surface area contributed by atoms with Gasteiger partial charge in [-0.3, -0.25) is 0 Å². The largest absolute Gasteiger partial charge is 0.192 e. The molecule has 2 heteroatoms. The average Bonchev–Trinajstić information content (AvgIpc) is 2.03. The maximum Gasteiger partial charge on any atom is 0.0992 e. The van der Waals surface area contributed by atoms with E-state index in [-0.39, 0.29) is 5.92 Å². The third kappa shape index (κ3) is 2.09. The molecule has 0 heterocycles. The fourth-order valence-corrected chi connectivity index (χ4v) is 1.47. The van der Waals surface area contributed by atoms with Crippen LogP contribution in [0.15, 0.2) is 22.7 Å². The Labute approximate surface area is 81.2 Å². The third-order valence-electron chi connectivity index (χ3n) is 1.62. The van der Waals surface area contributed by atoms with Crippen LogP contribution in [0.25, 0.3) is 0 Å². The van der Waals surface area contributed by atoms with Gasteiger partial charge >= 0.3 is 0 Å². The molecule has 0 aliphatic rings. The van der Waals surface area contributed by atoms with Gasteiger partial charge in [-0.1, -0.05) is 22.9 Å². The van der Waals surface area contributed by atoms with E-state index in [2.05, 4.69) is 28.9 Å². The van der Waals surface area contributed by atoms with Gasteiger partial charge in [0.25, 0.3) is 0 Å². The molecule has 0 amide bonds. The first kappa shape index (κ1) is 9.28. The summed E-state index contributed by atoms with van der Waals surface area (Å²) in [5.74, 6) is 0.217. The summed E-state index contributed by atoms with van der Waals surface area (Å²) in [5, 5.41) is 8.68. The first-order valence-electron chi connectivity index (χ1n) is 3.67. The number of nitrogens with zero attached hydrogens (tertiary/aromatic N) is 1. The molecule has 1 nitrogen and oxygen atoms in total. The van der Waals surface area contributed by atoms with Gasteiger partial charge in [0.05, 0.1) is 11.6 Å². The van der Waals surface area contributed by atoms with Crippen LogP contribution in [0.4, 0.5) is 0 Å². The van der Waals surface area contributed by atoms with E-state index < -0.39 is 0 Å². The van der Waals surface area contributed by atoms with E-state index >= 15 is 0 Å². The topological polar surface area (TPSA) is 23.8 Å². The van der Waals surface area contributed by atoms with Crippen LogP contribution < -0.4 is 0 Å². The summed E-state index contributed by atoms with van der Waals surface area (Å²) in [6, 6.07) is 7.75. The number of nitriles is 1. The molecule has 1 atom stereocenters. The molecule has 0 aliphatic heterocycles. The first-order chi connectivity index (χ1) is 5.63. The highest BCUT2D eigenvalue weighted by atomic mass is 79.9. The van der Waals surface area contributed by atoms with Crippen LogP contribution in [0.5, 0.6) is 0 Å². The zero-order chi connectivity index (χ0) is 9.14. The van der Waals surface area contributed by atoms with E-state index in [9.17, 15) is 0 Å². The van der Waals surface area contributed by atoms with Gasteiger partial charge in [-0.15, -0.1) is 0 Å². The van der Waals surface area contributed by atoms with Crippen molar-refractivity contribution < 1.29 is 0 Å². The van der Waals surface area contributed by atoms with Crippen LogP contribution in [-0.2, 0) is 0 Å². The second-order valence-electron chi connectivity index (χ2n) is 2.79. The van der Waals surface area contributed by atoms with Crippen LogP contribution in [0.3, 0.4) is 0 Å². The molecule has 1 aromatic rings. The number of hydrogen-bond acceptors (Lipinski definition) is 1. The number of halogens is 1. The van der Waals surface area contributed by atoms with Gasteiger partial charge in [-0.2, -0.15) is 5.26 Å². The lowest BCUT2D eigenvalue weighted by atomic mass is 10.0. The summed E-state index contributed by atoms with van der Waals surface area (Å²) in [6.07, 6.45) is 0. The van der Waals surface area contributed by atoms with Crippen molar-refractivity contribution in [3.8, 4) is 6.07 Å². The van der Waals surface area contributed by atoms with Crippen molar-refractivity contribution in [1.82, 2.24) is 0 Å². The second kappa shape index (κ2) is 3.73. The zero-order valence-corrected chi connectivity index (χ0v) is 8.43. The van der Waals surface area contributed by atoms with E-state index in [0.717, 1.165) is 10.0 Å². The maximum atomic E-state index is 8.68. The minimum atomic E-state index is 0.217. The van der Waals surface area contributed by atoms with Gasteiger partial charge in [0.1, 0.15) is 0 Å². The Balaban J connectivity index is 3.17. The van der Waals surface area contributed by atoms with Crippen molar-refractivity contribution in [2.75, 3.05) is 0 Å². The normalized spacial score (nSPS) is 9.92. The molecular formula is C10H9BrN. The lowest BCUT2D eigenvalue weighted by Crippen LogP contribution is -1.88. The Morgan fingerprint density at radius 1 is 1.50 bits per heavy atom. The fraction of sp³-hybridized carbons (Fsp3) is 0.200. The maximum absolute atomic E-state index is 8.68. The zero-order valence-electron chi connectivity index (χ0n) is 6.84. The fourth-order valence-electron chi connectivity index (χ4n) is 0.961. The minimum absolute atomic E-state index is 0.217. The molecule has 12 heavy (non-hydrogen) atoms. The van der Waals surface area contributed by atoms with Gasteiger partial charge in [-0.05, 0) is 36.6 Å². The molecule has 1 radical (unpaired) electrons. The third-order valence-corrected chi connectivity index (χ3v) is 2.08. The van der Waals surface area contributed by atoms with E-state index in [0.29, 0.717) is 5.56 Å². The van der Waals surface area contributed by atoms with Gasteiger partial charge in [0.2, 0.25) is 0 Å². The van der Waals surface area contributed by atoms with Gasteiger partial charge in [-0.25, -0.2) is 0 Å². The molecule has 0 aliphatic carbocycles. The standard InChI is InChI=1S/C10H9BrN/c1-7(2)9-3-8(6-12)4-10(11)5-9/h3-5,7H,1H2,2H3. The molecule has 0 spiro atoms. The molecule has 0 fully saturated rings. The van der Waals surface area contributed by atoms with Crippen LogP contribution >= 0.6 is 15.9 Å². The molecule has 0 aromatic heterocycles. The molecular weight excluding hydrogens is 214 g/mol. The van der Waals surface area contributed by atoms with Crippen molar-refractivity contribution in [2.24, 2.45) is 0 Å². The highest BCUT2D eigenvalue weighted by Crippen LogP contribution is 2.21. The molecule has 0 bridgehead atoms. The van der Waals surface area contributed by atoms with Crippen LogP contribution in [0.2, 0.25) is 0 Å². The predicted molar refractivity (Wildman–Crippen MR) is 52.6 cm³/mol. The quantitative estimate of drug-likeness (QED) is 0.716. The van der Waals surface area contributed by atoms with E-state index in [1.165, 1.54) is 0 Å². The number of benzene rings is 1. The summed E-state index contributed by atoms with van der Waals surface area (Å²) >= 11 is 3.34. The Morgan fingerprint density at radius 2 is 2.17 bits per heavy atom. The van der Waals surface area contributed by atoms with Crippen molar-refractivity contribution in [1.29, 1.82) is 5.26 Å². The van der Waals surface area contributed by atoms with Crippen LogP contribution in [-0.4, -0.2) is 0 Å². The molecule has 1 rings (SSSR count). The summed E-state index contributed by atoms with van der Waals surface area (Å²) in [6.45, 7) is 5.90. The summed E-state index contributed by atoms with van der Waals surface area (Å²) in [5.41, 5.74) is 1.76. The first-order valence-corrected chi connectivity index (χ1v) is 4.46. The van der Waals surface area contributed by atoms with Gasteiger partial charge in [0, 0.05) is 4.47 Å². The van der Waals surface area contributed by atoms with E-state index in [4.69, 9.17) is 5.26 Å². The summed E-state index contributed by atoms with van der Waals surface area (Å²) < 4.78 is 0.937. The van der Waals surface area contributed by atoms with Crippen molar-refractivity contribution in [3.05, 3.63) is 40.7 Å². The Morgan fingerprint density at radius 3 is 2.67 bits per heavy atom. The highest BCUT2D eigenvalue weighted by molar-refractivity contribution is 9.10. The summed E-state index contributed by atoms with van der Waals surface area (Å²) in [7, 11) is 0. The Bertz CT molecular complexity index is 323. The van der Waals surface area contributed by atoms with Gasteiger partial charge < -0.3 is 0 Å². The van der Waals surface area contributed by atoms with Crippen molar-refractivity contribution >= 4 is 15.9 Å². The highest BCUT2D eigenvalue weighted by Gasteiger charge is 2.02. The summed E-state index contributed by atoms with van der Waals surface area (Å²) in [4.78, 5) is 0. The number of rotatable bonds is 1. The lowest BCUT2D eigenvalue weighted by Gasteiger charge is -2.05. The van der Waals surface area contributed by atoms with Crippen LogP contribution in [0, 0.1) is 18.3 Å². The van der Waals surface area contributed by atoms with Crippen LogP contribution in [0.1, 0.15) is 24.0 Å². The second-order valence-corrected chi connectivity index (χ2v) is 3.70. The predicted octanol–water partition coefficient (Wildman–Crippen LogP) is 3.26. The number of hydrogen-bond donors (Lipinski definition) is 0. The molecule has 0 saturated heterocycles. The lowest BCUT2D eigenvalue weighted by molar-refractivity contribution is 0.961. The smallest absolute Gasteiger partial charge is 0.0992 e. The molecule has 61 valence electrons. The van der Waals surface area contributed by atoms with E-state index in [1.807, 2.05) is 19.1 Å². The molecule has 1 unspecified atom stereocenters. The SMILES string of the molecule is [CH2]C(C)c1cc(Br)cc(C#N)c1. The Kier molecular flexibility index (Phi) is 2.88. The molecule has 1 aromatic carbocycles. The van der Waals surface area contributed by atoms with Crippen molar-refractivity contribution in [2.45, 2.75) is 12.8 Å². The average molecular weight is 223 g/mol. The molecule has 0 saturated carbocycles. The monoisotopic (exact) mass is 222 g/mol. The Hall–Kier alpha value is -0.810. The van der Waals surface area contributed by atoms with Gasteiger partial charge in [0.15, 0.2) is 0 Å².